The van der Waals surface area contributed by atoms with Crippen LogP contribution in [0.15, 0.2) is 42.5 Å². The molecule has 0 spiro atoms. The number of halogens is 2. The first-order valence-electron chi connectivity index (χ1n) is 5.96. The molecule has 6 heteroatoms. The Balaban J connectivity index is 2.23. The molecule has 0 atom stereocenters. The smallest absolute Gasteiger partial charge is 0.337 e. The predicted molar refractivity (Wildman–Crippen MR) is 82.2 cm³/mol. The van der Waals surface area contributed by atoms with Gasteiger partial charge in [0.2, 0.25) is 0 Å². The molecule has 1 amide bonds. The van der Waals surface area contributed by atoms with E-state index in [0.717, 1.165) is 0 Å². The van der Waals surface area contributed by atoms with Crippen LogP contribution >= 0.6 is 23.2 Å². The van der Waals surface area contributed by atoms with Crippen LogP contribution in [0, 0.1) is 0 Å². The summed E-state index contributed by atoms with van der Waals surface area (Å²) < 4.78 is 4.63. The van der Waals surface area contributed by atoms with Gasteiger partial charge in [0.25, 0.3) is 5.91 Å². The van der Waals surface area contributed by atoms with Gasteiger partial charge in [0.15, 0.2) is 0 Å². The normalized spacial score (nSPS) is 10.0. The lowest BCUT2D eigenvalue weighted by Crippen LogP contribution is -2.13. The zero-order chi connectivity index (χ0) is 15.4. The van der Waals surface area contributed by atoms with Crippen molar-refractivity contribution in [3.8, 4) is 0 Å². The number of methoxy groups -OCH3 is 1. The van der Waals surface area contributed by atoms with E-state index in [4.69, 9.17) is 23.2 Å². The summed E-state index contributed by atoms with van der Waals surface area (Å²) in [5.74, 6) is -0.892. The second-order valence-corrected chi connectivity index (χ2v) is 4.99. The Morgan fingerprint density at radius 3 is 2.57 bits per heavy atom. The van der Waals surface area contributed by atoms with Crippen LogP contribution in [0.25, 0.3) is 0 Å². The molecule has 0 aliphatic heterocycles. The minimum absolute atomic E-state index is 0.257. The van der Waals surface area contributed by atoms with Crippen molar-refractivity contribution < 1.29 is 14.3 Å². The SMILES string of the molecule is COC(=O)c1cccc(NC(=O)c2cc(Cl)ccc2Cl)c1. The van der Waals surface area contributed by atoms with Gasteiger partial charge in [-0.05, 0) is 36.4 Å². The Hall–Kier alpha value is -2.04. The van der Waals surface area contributed by atoms with Gasteiger partial charge in [0, 0.05) is 10.7 Å². The molecule has 2 aromatic carbocycles. The molecule has 0 aliphatic carbocycles. The molecule has 0 aromatic heterocycles. The maximum atomic E-state index is 12.2. The standard InChI is InChI=1S/C15H11Cl2NO3/c1-21-15(20)9-3-2-4-11(7-9)18-14(19)12-8-10(16)5-6-13(12)17/h2-8H,1H3,(H,18,19). The minimum atomic E-state index is -0.480. The second-order valence-electron chi connectivity index (χ2n) is 4.15. The van der Waals surface area contributed by atoms with Crippen LogP contribution in [0.5, 0.6) is 0 Å². The first kappa shape index (κ1) is 15.4. The molecule has 2 aromatic rings. The maximum absolute atomic E-state index is 12.2. The highest BCUT2D eigenvalue weighted by molar-refractivity contribution is 6.36. The van der Waals surface area contributed by atoms with Crippen molar-refractivity contribution >= 4 is 40.8 Å². The number of amides is 1. The van der Waals surface area contributed by atoms with Gasteiger partial charge in [-0.3, -0.25) is 4.79 Å². The van der Waals surface area contributed by atoms with Gasteiger partial charge in [-0.25, -0.2) is 4.79 Å². The molecule has 0 bridgehead atoms. The average molecular weight is 324 g/mol. The van der Waals surface area contributed by atoms with Crippen LogP contribution in [0.3, 0.4) is 0 Å². The Morgan fingerprint density at radius 1 is 1.10 bits per heavy atom. The molecule has 2 rings (SSSR count). The summed E-state index contributed by atoms with van der Waals surface area (Å²) in [4.78, 5) is 23.6. The van der Waals surface area contributed by atoms with Crippen molar-refractivity contribution in [3.05, 3.63) is 63.6 Å². The molecule has 1 N–H and O–H groups in total. The first-order chi connectivity index (χ1) is 10.0. The molecule has 108 valence electrons. The summed E-state index contributed by atoms with van der Waals surface area (Å²) in [7, 11) is 1.29. The molecule has 0 fully saturated rings. The molecule has 0 aliphatic rings. The number of anilines is 1. The first-order valence-corrected chi connectivity index (χ1v) is 6.71. The number of nitrogens with one attached hydrogen (secondary N) is 1. The van der Waals surface area contributed by atoms with Gasteiger partial charge in [0.05, 0.1) is 23.3 Å². The van der Waals surface area contributed by atoms with Crippen LogP contribution in [0.4, 0.5) is 5.69 Å². The summed E-state index contributed by atoms with van der Waals surface area (Å²) in [6.45, 7) is 0. The summed E-state index contributed by atoms with van der Waals surface area (Å²) in [6, 6.07) is 11.0. The highest BCUT2D eigenvalue weighted by atomic mass is 35.5. The Labute approximate surface area is 131 Å². The number of hydrogen-bond acceptors (Lipinski definition) is 3. The fourth-order valence-electron chi connectivity index (χ4n) is 1.71. The summed E-state index contributed by atoms with van der Waals surface area (Å²) in [6.07, 6.45) is 0. The Bertz CT molecular complexity index is 701. The maximum Gasteiger partial charge on any atom is 0.337 e. The van der Waals surface area contributed by atoms with Crippen molar-refractivity contribution in [2.75, 3.05) is 12.4 Å². The number of ether oxygens (including phenoxy) is 1. The Morgan fingerprint density at radius 2 is 1.86 bits per heavy atom. The second kappa shape index (κ2) is 6.61. The van der Waals surface area contributed by atoms with Gasteiger partial charge >= 0.3 is 5.97 Å². The van der Waals surface area contributed by atoms with E-state index in [-0.39, 0.29) is 5.56 Å². The lowest BCUT2D eigenvalue weighted by Gasteiger charge is -2.08. The number of hydrogen-bond donors (Lipinski definition) is 1. The van der Waals surface area contributed by atoms with Crippen molar-refractivity contribution in [3.63, 3.8) is 0 Å². The van der Waals surface area contributed by atoms with Gasteiger partial charge in [-0.2, -0.15) is 0 Å². The van der Waals surface area contributed by atoms with Crippen LogP contribution in [-0.2, 0) is 4.74 Å². The molecule has 0 saturated heterocycles. The summed E-state index contributed by atoms with van der Waals surface area (Å²) >= 11 is 11.8. The van der Waals surface area contributed by atoms with E-state index in [9.17, 15) is 9.59 Å². The third-order valence-corrected chi connectivity index (χ3v) is 3.28. The zero-order valence-corrected chi connectivity index (χ0v) is 12.5. The Kier molecular flexibility index (Phi) is 4.83. The average Bonchev–Trinajstić information content (AvgIpc) is 2.49. The van der Waals surface area contributed by atoms with Gasteiger partial charge in [-0.15, -0.1) is 0 Å². The third-order valence-electron chi connectivity index (χ3n) is 2.71. The van der Waals surface area contributed by atoms with Crippen molar-refractivity contribution in [1.82, 2.24) is 0 Å². The van der Waals surface area contributed by atoms with Crippen molar-refractivity contribution in [2.45, 2.75) is 0 Å². The van der Waals surface area contributed by atoms with Gasteiger partial charge in [0.1, 0.15) is 0 Å². The van der Waals surface area contributed by atoms with E-state index >= 15 is 0 Å². The van der Waals surface area contributed by atoms with E-state index < -0.39 is 11.9 Å². The monoisotopic (exact) mass is 323 g/mol. The fourth-order valence-corrected chi connectivity index (χ4v) is 2.09. The molecule has 0 saturated carbocycles. The van der Waals surface area contributed by atoms with E-state index in [1.54, 1.807) is 30.3 Å². The summed E-state index contributed by atoms with van der Waals surface area (Å²) in [5.41, 5.74) is 1.05. The van der Waals surface area contributed by atoms with E-state index in [1.807, 2.05) is 0 Å². The van der Waals surface area contributed by atoms with E-state index in [2.05, 4.69) is 10.1 Å². The quantitative estimate of drug-likeness (QED) is 0.867. The predicted octanol–water partition coefficient (Wildman–Crippen LogP) is 4.03. The third kappa shape index (κ3) is 3.74. The lowest BCUT2D eigenvalue weighted by atomic mass is 10.1. The number of benzene rings is 2. The lowest BCUT2D eigenvalue weighted by molar-refractivity contribution is 0.0600. The summed E-state index contributed by atoms with van der Waals surface area (Å²) in [5, 5.41) is 3.36. The number of carbonyl (C=O) groups is 2. The fraction of sp³-hybridized carbons (Fsp3) is 0.0667. The molecule has 0 unspecified atom stereocenters. The van der Waals surface area contributed by atoms with Crippen LogP contribution in [0.1, 0.15) is 20.7 Å². The zero-order valence-electron chi connectivity index (χ0n) is 11.0. The molecule has 21 heavy (non-hydrogen) atoms. The van der Waals surface area contributed by atoms with E-state index in [1.165, 1.54) is 19.2 Å². The highest BCUT2D eigenvalue weighted by Crippen LogP contribution is 2.22. The largest absolute Gasteiger partial charge is 0.465 e. The number of carbonyl (C=O) groups excluding carboxylic acids is 2. The highest BCUT2D eigenvalue weighted by Gasteiger charge is 2.12. The molecule has 4 nitrogen and oxygen atoms in total. The van der Waals surface area contributed by atoms with Crippen molar-refractivity contribution in [2.24, 2.45) is 0 Å². The molecular formula is C15H11Cl2NO3. The van der Waals surface area contributed by atoms with Crippen LogP contribution in [0.2, 0.25) is 10.0 Å². The van der Waals surface area contributed by atoms with E-state index in [0.29, 0.717) is 21.3 Å². The van der Waals surface area contributed by atoms with Gasteiger partial charge in [-0.1, -0.05) is 29.3 Å². The molecule has 0 radical (unpaired) electrons. The number of rotatable bonds is 3. The van der Waals surface area contributed by atoms with Crippen LogP contribution in [-0.4, -0.2) is 19.0 Å². The topological polar surface area (TPSA) is 55.4 Å². The van der Waals surface area contributed by atoms with Gasteiger partial charge < -0.3 is 10.1 Å². The molecule has 0 heterocycles. The number of esters is 1. The van der Waals surface area contributed by atoms with Crippen molar-refractivity contribution in [1.29, 1.82) is 0 Å². The minimum Gasteiger partial charge on any atom is -0.465 e. The molecular weight excluding hydrogens is 313 g/mol. The van der Waals surface area contributed by atoms with Crippen LogP contribution < -0.4 is 5.32 Å².